The van der Waals surface area contributed by atoms with Crippen LogP contribution in [0.2, 0.25) is 0 Å². The van der Waals surface area contributed by atoms with E-state index in [0.29, 0.717) is 35.8 Å². The van der Waals surface area contributed by atoms with Crippen LogP contribution < -0.4 is 5.32 Å². The van der Waals surface area contributed by atoms with Gasteiger partial charge in [-0.25, -0.2) is 15.0 Å². The van der Waals surface area contributed by atoms with Gasteiger partial charge in [0.1, 0.15) is 5.69 Å². The van der Waals surface area contributed by atoms with E-state index >= 15 is 0 Å². The number of imidazole rings is 1. The van der Waals surface area contributed by atoms with Crippen molar-refractivity contribution < 1.29 is 13.2 Å². The van der Waals surface area contributed by atoms with Gasteiger partial charge < -0.3 is 10.3 Å². The third-order valence-corrected chi connectivity index (χ3v) is 6.06. The Morgan fingerprint density at radius 1 is 1.05 bits per heavy atom. The van der Waals surface area contributed by atoms with Crippen LogP contribution in [0.3, 0.4) is 0 Å². The molecule has 0 aliphatic carbocycles. The lowest BCUT2D eigenvalue weighted by Gasteiger charge is -2.23. The normalized spacial score (nSPS) is 11.5. The third-order valence-electron chi connectivity index (χ3n) is 6.06. The van der Waals surface area contributed by atoms with Crippen molar-refractivity contribution in [3.63, 3.8) is 0 Å². The fraction of sp³-hybridized carbons (Fsp3) is 0.321. The molecule has 0 saturated carbocycles. The molecule has 0 fully saturated rings. The summed E-state index contributed by atoms with van der Waals surface area (Å²) in [7, 11) is 0. The molecule has 0 bridgehead atoms. The first-order chi connectivity index (χ1) is 17.8. The first kappa shape index (κ1) is 26.2. The Balaban J connectivity index is 1.50. The third kappa shape index (κ3) is 6.66. The first-order valence-corrected chi connectivity index (χ1v) is 12.2. The van der Waals surface area contributed by atoms with E-state index < -0.39 is 11.7 Å². The molecule has 0 saturated heterocycles. The zero-order chi connectivity index (χ0) is 26.4. The molecule has 2 aromatic carbocycles. The van der Waals surface area contributed by atoms with E-state index in [1.165, 1.54) is 12.4 Å². The van der Waals surface area contributed by atoms with Crippen molar-refractivity contribution in [2.45, 2.75) is 46.5 Å². The quantitative estimate of drug-likeness (QED) is 0.290. The Morgan fingerprint density at radius 3 is 2.65 bits per heavy atom. The Hall–Kier alpha value is -3.90. The number of halogens is 3. The molecule has 37 heavy (non-hydrogen) atoms. The Morgan fingerprint density at radius 2 is 1.89 bits per heavy atom. The van der Waals surface area contributed by atoms with Gasteiger partial charge in [0.15, 0.2) is 11.3 Å². The highest BCUT2D eigenvalue weighted by Gasteiger charge is 2.33. The number of nitrogens with zero attached hydrogens (tertiary/aromatic N) is 4. The number of aryl methyl sites for hydroxylation is 1. The summed E-state index contributed by atoms with van der Waals surface area (Å²) < 4.78 is 41.5. The number of fused-ring (bicyclic) bond motifs is 1. The van der Waals surface area contributed by atoms with Crippen molar-refractivity contribution in [3.8, 4) is 11.8 Å². The van der Waals surface area contributed by atoms with Gasteiger partial charge in [0.25, 0.3) is 0 Å². The Bertz CT molecular complexity index is 1430. The van der Waals surface area contributed by atoms with E-state index in [4.69, 9.17) is 0 Å². The van der Waals surface area contributed by atoms with Crippen LogP contribution in [0.5, 0.6) is 0 Å². The summed E-state index contributed by atoms with van der Waals surface area (Å²) >= 11 is 0. The van der Waals surface area contributed by atoms with E-state index in [9.17, 15) is 13.2 Å². The van der Waals surface area contributed by atoms with Crippen molar-refractivity contribution in [3.05, 3.63) is 82.4 Å². The molecule has 0 aliphatic rings. The van der Waals surface area contributed by atoms with Crippen LogP contribution >= 0.6 is 0 Å². The summed E-state index contributed by atoms with van der Waals surface area (Å²) in [4.78, 5) is 17.6. The average Bonchev–Trinajstić information content (AvgIpc) is 3.35. The molecule has 9 heteroatoms. The van der Waals surface area contributed by atoms with Crippen molar-refractivity contribution in [1.82, 2.24) is 24.8 Å². The number of rotatable bonds is 8. The summed E-state index contributed by atoms with van der Waals surface area (Å²) in [5, 5.41) is 3.14. The molecule has 0 unspecified atom stereocenters. The van der Waals surface area contributed by atoms with Gasteiger partial charge in [-0.15, -0.1) is 0 Å². The van der Waals surface area contributed by atoms with Crippen LogP contribution in [0.25, 0.3) is 11.3 Å². The highest BCUT2D eigenvalue weighted by atomic mass is 19.4. The second-order valence-corrected chi connectivity index (χ2v) is 8.82. The standard InChI is InChI=1S/C28H29F3N6/c1-4-12-37(5-2)17-22-9-10-23(14-25(22)28(29,30)31)32-15-20-7-6-19(3)21(13-20)8-11-24-16-33-26-27(36-24)35-18-34-26/h6-7,9-10,13-14,16,18,32H,4-5,12,15,17H2,1-3H3,(H,33,34,35,36). The minimum absolute atomic E-state index is 0.275. The number of benzene rings is 2. The molecule has 6 nitrogen and oxygen atoms in total. The van der Waals surface area contributed by atoms with Gasteiger partial charge in [-0.3, -0.25) is 4.90 Å². The number of alkyl halides is 3. The topological polar surface area (TPSA) is 69.7 Å². The second-order valence-electron chi connectivity index (χ2n) is 8.82. The van der Waals surface area contributed by atoms with Crippen LogP contribution in [0.15, 0.2) is 48.9 Å². The maximum Gasteiger partial charge on any atom is 0.416 e. The molecule has 0 amide bonds. The highest BCUT2D eigenvalue weighted by Crippen LogP contribution is 2.34. The van der Waals surface area contributed by atoms with Gasteiger partial charge in [-0.05, 0) is 67.2 Å². The molecule has 0 aliphatic heterocycles. The number of nitrogens with one attached hydrogen (secondary N) is 2. The molecule has 2 aromatic heterocycles. The van der Waals surface area contributed by atoms with Crippen LogP contribution in [0.1, 0.15) is 53.8 Å². The number of H-pyrrole nitrogens is 1. The number of anilines is 1. The molecule has 0 atom stereocenters. The summed E-state index contributed by atoms with van der Waals surface area (Å²) in [5.41, 5.74) is 4.43. The average molecular weight is 507 g/mol. The van der Waals surface area contributed by atoms with E-state index in [2.05, 4.69) is 37.1 Å². The van der Waals surface area contributed by atoms with Crippen molar-refractivity contribution in [2.24, 2.45) is 0 Å². The molecule has 4 aromatic rings. The smallest absolute Gasteiger partial charge is 0.381 e. The highest BCUT2D eigenvalue weighted by molar-refractivity contribution is 5.65. The van der Waals surface area contributed by atoms with Crippen molar-refractivity contribution >= 4 is 17.0 Å². The molecule has 192 valence electrons. The minimum atomic E-state index is -4.42. The van der Waals surface area contributed by atoms with Gasteiger partial charge in [0, 0.05) is 24.3 Å². The Labute approximate surface area is 214 Å². The van der Waals surface area contributed by atoms with Crippen molar-refractivity contribution in [2.75, 3.05) is 18.4 Å². The summed E-state index contributed by atoms with van der Waals surface area (Å²) in [5.74, 6) is 6.15. The maximum absolute atomic E-state index is 13.8. The first-order valence-electron chi connectivity index (χ1n) is 12.2. The molecule has 2 heterocycles. The zero-order valence-electron chi connectivity index (χ0n) is 21.1. The number of hydrogen-bond donors (Lipinski definition) is 2. The molecular formula is C28H29F3N6. The van der Waals surface area contributed by atoms with Crippen LogP contribution in [0, 0.1) is 18.8 Å². The zero-order valence-corrected chi connectivity index (χ0v) is 21.1. The monoisotopic (exact) mass is 506 g/mol. The molecular weight excluding hydrogens is 477 g/mol. The summed E-state index contributed by atoms with van der Waals surface area (Å²) in [6, 6.07) is 10.3. The fourth-order valence-corrected chi connectivity index (χ4v) is 4.03. The van der Waals surface area contributed by atoms with Gasteiger partial charge in [0.05, 0.1) is 18.1 Å². The molecule has 0 radical (unpaired) electrons. The van der Waals surface area contributed by atoms with Gasteiger partial charge in [-0.2, -0.15) is 13.2 Å². The molecule has 0 spiro atoms. The summed E-state index contributed by atoms with van der Waals surface area (Å²) in [6.45, 7) is 8.04. The lowest BCUT2D eigenvalue weighted by atomic mass is 10.0. The van der Waals surface area contributed by atoms with E-state index in [1.807, 2.05) is 43.9 Å². The second kappa shape index (κ2) is 11.4. The maximum atomic E-state index is 13.8. The Kier molecular flexibility index (Phi) is 8.09. The van der Waals surface area contributed by atoms with E-state index in [0.717, 1.165) is 29.7 Å². The van der Waals surface area contributed by atoms with Crippen LogP contribution in [0.4, 0.5) is 18.9 Å². The van der Waals surface area contributed by atoms with E-state index in [1.54, 1.807) is 18.3 Å². The van der Waals surface area contributed by atoms with Crippen molar-refractivity contribution in [1.29, 1.82) is 0 Å². The lowest BCUT2D eigenvalue weighted by Crippen LogP contribution is -2.25. The minimum Gasteiger partial charge on any atom is -0.381 e. The van der Waals surface area contributed by atoms with Crippen LogP contribution in [-0.2, 0) is 19.3 Å². The predicted octanol–water partition coefficient (Wildman–Crippen LogP) is 5.92. The number of hydrogen-bond acceptors (Lipinski definition) is 5. The SMILES string of the molecule is CCCN(CC)Cc1ccc(NCc2ccc(C)c(C#Cc3cnc4nc[nH]c4n3)c2)cc1C(F)(F)F. The molecule has 4 rings (SSSR count). The van der Waals surface area contributed by atoms with E-state index in [-0.39, 0.29) is 12.1 Å². The predicted molar refractivity (Wildman–Crippen MR) is 139 cm³/mol. The van der Waals surface area contributed by atoms with Gasteiger partial charge >= 0.3 is 6.18 Å². The van der Waals surface area contributed by atoms with Gasteiger partial charge in [0.2, 0.25) is 0 Å². The molecule has 2 N–H and O–H groups in total. The van der Waals surface area contributed by atoms with Crippen LogP contribution in [-0.4, -0.2) is 37.9 Å². The van der Waals surface area contributed by atoms with Gasteiger partial charge in [-0.1, -0.05) is 38.0 Å². The largest absolute Gasteiger partial charge is 0.416 e. The number of aromatic amines is 1. The summed E-state index contributed by atoms with van der Waals surface area (Å²) in [6.07, 6.45) is -0.432. The number of aromatic nitrogens is 4. The fourth-order valence-electron chi connectivity index (χ4n) is 4.03. The lowest BCUT2D eigenvalue weighted by molar-refractivity contribution is -0.138.